The van der Waals surface area contributed by atoms with Gasteiger partial charge in [-0.2, -0.15) is 35.9 Å². The summed E-state index contributed by atoms with van der Waals surface area (Å²) in [5.74, 6) is 0. The van der Waals surface area contributed by atoms with Gasteiger partial charge in [0.1, 0.15) is 0 Å². The summed E-state index contributed by atoms with van der Waals surface area (Å²) in [5.41, 5.74) is 0. The van der Waals surface area contributed by atoms with E-state index < -0.39 is 7.32 Å². The van der Waals surface area contributed by atoms with Crippen LogP contribution in [0.3, 0.4) is 0 Å². The first-order valence-corrected chi connectivity index (χ1v) is 3.65. The third-order valence-electron chi connectivity index (χ3n) is 0.764. The minimum absolute atomic E-state index is 0. The van der Waals surface area contributed by atoms with Crippen molar-refractivity contribution in [3.63, 3.8) is 0 Å². The van der Waals surface area contributed by atoms with E-state index in [-0.39, 0.29) is 29.6 Å². The van der Waals surface area contributed by atoms with E-state index in [0.717, 1.165) is 0 Å². The van der Waals surface area contributed by atoms with Crippen LogP contribution >= 0.6 is 23.2 Å². The molecule has 0 atom stereocenters. The molecule has 0 saturated carbocycles. The van der Waals surface area contributed by atoms with Crippen LogP contribution in [0.25, 0.3) is 0 Å². The van der Waals surface area contributed by atoms with E-state index >= 15 is 0 Å². The Morgan fingerprint density at radius 1 is 1.15 bits per heavy atom. The summed E-state index contributed by atoms with van der Waals surface area (Å²) in [4.78, 5) is 0. The number of benzene rings is 1. The fourth-order valence-electron chi connectivity index (χ4n) is 0.391. The van der Waals surface area contributed by atoms with Crippen molar-refractivity contribution in [3.8, 4) is 0 Å². The second kappa shape index (κ2) is 9.31. The summed E-state index contributed by atoms with van der Waals surface area (Å²) in [6.45, 7) is 0. The Labute approximate surface area is 109 Å². The van der Waals surface area contributed by atoms with Crippen molar-refractivity contribution >= 4 is 30.5 Å². The van der Waals surface area contributed by atoms with E-state index in [4.69, 9.17) is 38.3 Å². The maximum absolute atomic E-state index is 7.17. The molecular weight excluding hydrogens is 225 g/mol. The fraction of sp³-hybridized carbons (Fsp3) is 0. The van der Waals surface area contributed by atoms with Crippen molar-refractivity contribution in [2.24, 2.45) is 0 Å². The molecule has 0 aliphatic heterocycles. The average Bonchev–Trinajstić information content (AvgIpc) is 1.94. The van der Waals surface area contributed by atoms with E-state index in [2.05, 4.69) is 6.07 Å². The van der Waals surface area contributed by atoms with Crippen molar-refractivity contribution in [2.45, 2.75) is 0 Å². The van der Waals surface area contributed by atoms with Crippen molar-refractivity contribution in [2.75, 3.05) is 0 Å². The van der Waals surface area contributed by atoms with Crippen LogP contribution in [0, 0.1) is 6.07 Å². The van der Waals surface area contributed by atoms with E-state index in [1.165, 1.54) is 0 Å². The first-order valence-electron chi connectivity index (χ1n) is 2.89. The van der Waals surface area contributed by atoms with Gasteiger partial charge >= 0.3 is 36.9 Å². The molecule has 0 amide bonds. The van der Waals surface area contributed by atoms with Crippen molar-refractivity contribution in [1.29, 1.82) is 0 Å². The molecule has 0 fully saturated rings. The van der Waals surface area contributed by atoms with Gasteiger partial charge in [-0.3, -0.25) is 0 Å². The quantitative estimate of drug-likeness (QED) is 0.349. The normalized spacial score (nSPS) is 7.77. The monoisotopic (exact) mass is 230 g/mol. The maximum atomic E-state index is 7.17. The summed E-state index contributed by atoms with van der Waals surface area (Å²) < 4.78 is 0. The van der Waals surface area contributed by atoms with E-state index in [9.17, 15) is 0 Å². The molecule has 0 heterocycles. The maximum Gasteiger partial charge on any atom is 1.00 e. The largest absolute Gasteiger partial charge is 1.00 e. The molecule has 1 rings (SSSR count). The summed E-state index contributed by atoms with van der Waals surface area (Å²) >= 11 is 11.1. The van der Waals surface area contributed by atoms with Crippen molar-refractivity contribution in [1.82, 2.24) is 0 Å². The van der Waals surface area contributed by atoms with Crippen molar-refractivity contribution < 1.29 is 44.6 Å². The summed E-state index contributed by atoms with van der Waals surface area (Å²) in [7, 11) is -2.17. The summed E-state index contributed by atoms with van der Waals surface area (Å²) in [6.07, 6.45) is 0. The molecule has 13 heavy (non-hydrogen) atoms. The molecule has 0 radical (unpaired) electrons. The van der Waals surface area contributed by atoms with Crippen LogP contribution in [0.15, 0.2) is 18.2 Å². The van der Waals surface area contributed by atoms with Gasteiger partial charge in [0.15, 0.2) is 0 Å². The second-order valence-corrected chi connectivity index (χ2v) is 2.50. The smallest absolute Gasteiger partial charge is 0.402 e. The summed E-state index contributed by atoms with van der Waals surface area (Å²) in [5, 5.41) is 22.6. The number of rotatable bonds is 0. The molecule has 0 unspecified atom stereocenters. The third kappa shape index (κ3) is 10.7. The van der Waals surface area contributed by atoms with E-state index in [1.54, 1.807) is 18.2 Å². The Hall–Kier alpha value is 0.745. The first-order chi connectivity index (χ1) is 5.54. The van der Waals surface area contributed by atoms with Gasteiger partial charge in [-0.15, -0.1) is 11.6 Å². The number of halogens is 2. The molecule has 0 saturated heterocycles. The van der Waals surface area contributed by atoms with E-state index in [1.807, 2.05) is 0 Å². The molecule has 1 aromatic rings. The number of hydrogen-bond donors (Lipinski definition) is 3. The number of hydrogen-bond acceptors (Lipinski definition) is 3. The minimum atomic E-state index is -2.17. The third-order valence-corrected chi connectivity index (χ3v) is 1.50. The van der Waals surface area contributed by atoms with Crippen LogP contribution in [0.1, 0.15) is 0 Å². The minimum Gasteiger partial charge on any atom is -0.402 e. The van der Waals surface area contributed by atoms with Gasteiger partial charge in [0.05, 0.1) is 0 Å². The zero-order valence-electron chi connectivity index (χ0n) is 6.91. The molecule has 3 N–H and O–H groups in total. The Kier molecular flexibility index (Phi) is 11.6. The Balaban J connectivity index is 0. The zero-order valence-corrected chi connectivity index (χ0v) is 10.4. The molecule has 0 aliphatic carbocycles. The Morgan fingerprint density at radius 3 is 1.85 bits per heavy atom. The van der Waals surface area contributed by atoms with Gasteiger partial charge in [-0.25, -0.2) is 0 Å². The van der Waals surface area contributed by atoms with Crippen LogP contribution in [-0.2, 0) is 0 Å². The molecule has 0 aromatic heterocycles. The SMILES string of the molecule is Clc1c[c-]ccc1Cl.OB(O)O.[Na+]. The predicted octanol–water partition coefficient (Wildman–Crippen LogP) is -2.25. The predicted molar refractivity (Wildman–Crippen MR) is 47.7 cm³/mol. The van der Waals surface area contributed by atoms with Crippen LogP contribution in [0.2, 0.25) is 10.0 Å². The van der Waals surface area contributed by atoms with Crippen LogP contribution in [0.5, 0.6) is 0 Å². The first kappa shape index (κ1) is 16.2. The standard InChI is InChI=1S/C6H3Cl2.BH3O3.Na/c7-5-3-1-2-4-6(5)8;2-1(3)4;/h1,3-4H;2-4H;/q-1;;+1. The zero-order chi connectivity index (χ0) is 9.56. The average molecular weight is 231 g/mol. The fourth-order valence-corrected chi connectivity index (χ4v) is 0.635. The molecule has 7 heteroatoms. The van der Waals surface area contributed by atoms with Gasteiger partial charge in [0.25, 0.3) is 0 Å². The second-order valence-electron chi connectivity index (χ2n) is 1.69. The topological polar surface area (TPSA) is 60.7 Å². The van der Waals surface area contributed by atoms with Crippen molar-refractivity contribution in [3.05, 3.63) is 34.3 Å². The molecular formula is C6H6BCl2NaO3. The van der Waals surface area contributed by atoms with Gasteiger partial charge in [-0.05, 0) is 0 Å². The Morgan fingerprint density at radius 2 is 1.62 bits per heavy atom. The molecule has 0 spiro atoms. The molecule has 3 nitrogen and oxygen atoms in total. The summed E-state index contributed by atoms with van der Waals surface area (Å²) in [6, 6.07) is 7.83. The molecule has 0 bridgehead atoms. The Bertz CT molecular complexity index is 213. The van der Waals surface area contributed by atoms with Gasteiger partial charge in [0, 0.05) is 0 Å². The molecule has 0 aliphatic rings. The molecule has 1 aromatic carbocycles. The van der Waals surface area contributed by atoms with Gasteiger partial charge < -0.3 is 15.1 Å². The van der Waals surface area contributed by atoms with Crippen LogP contribution in [0.4, 0.5) is 0 Å². The van der Waals surface area contributed by atoms with Crippen LogP contribution < -0.4 is 29.6 Å². The van der Waals surface area contributed by atoms with E-state index in [0.29, 0.717) is 10.0 Å². The van der Waals surface area contributed by atoms with Gasteiger partial charge in [0.2, 0.25) is 0 Å². The molecule has 66 valence electrons. The van der Waals surface area contributed by atoms with Crippen LogP contribution in [-0.4, -0.2) is 22.4 Å². The van der Waals surface area contributed by atoms with Gasteiger partial charge in [-0.1, -0.05) is 10.0 Å².